The molecule has 0 radical (unpaired) electrons. The molecule has 10 nitrogen and oxygen atoms in total. The molecule has 2 N–H and O–H groups in total. The van der Waals surface area contributed by atoms with Crippen LogP contribution in [0.3, 0.4) is 0 Å². The molecule has 0 aliphatic rings. The van der Waals surface area contributed by atoms with E-state index in [0.717, 1.165) is 43.2 Å². The number of rotatable bonds is 32. The molecular weight excluding hydrogens is 889 g/mol. The van der Waals surface area contributed by atoms with Crippen LogP contribution in [-0.4, -0.2) is 68.8 Å². The summed E-state index contributed by atoms with van der Waals surface area (Å²) in [7, 11) is -9.17. The number of benzene rings is 4. The first-order valence-corrected chi connectivity index (χ1v) is 26.8. The standard InChI is InChI=1S/2C26H38O5S.Ca/c2*1-2-3-4-5-6-7-8-9-10-11-12-13-16-22-19-20-25(26(21-22)32(28,29)30)31-24-18-15-14-17-23(24)27;/h2*14-15,17-21,27H,2-13,16H2,1H3,(H,28,29,30);/q;;+2/p-2. The number of ether oxygens (including phenoxy) is 2. The van der Waals surface area contributed by atoms with E-state index >= 15 is 0 Å². The summed E-state index contributed by atoms with van der Waals surface area (Å²) in [4.78, 5) is -0.700. The average molecular weight is 963 g/mol. The predicted octanol–water partition coefficient (Wildman–Crippen LogP) is 14.0. The SMILES string of the molecule is CCCCCCCCCCCCCCc1ccc(Oc2ccccc2O)c(S(=O)(=O)O)c1.CCCCCCCCCCCCCCc1ccc(Oc2ccccc2[O-])c(S(=O)(=O)[O-])c1.[Ca+2]. The topological polar surface area (TPSA) is 173 Å². The van der Waals surface area contributed by atoms with Crippen molar-refractivity contribution in [1.29, 1.82) is 0 Å². The molecule has 4 aromatic rings. The first-order valence-electron chi connectivity index (χ1n) is 23.9. The van der Waals surface area contributed by atoms with Crippen LogP contribution in [0.4, 0.5) is 0 Å². The molecule has 0 fully saturated rings. The number of hydrogen-bond acceptors (Lipinski definition) is 9. The maximum absolute atomic E-state index is 11.9. The molecular formula is C52H74CaO10S2. The van der Waals surface area contributed by atoms with Gasteiger partial charge in [0, 0.05) is 0 Å². The van der Waals surface area contributed by atoms with Crippen molar-refractivity contribution in [3.8, 4) is 34.5 Å². The molecule has 4 rings (SSSR count). The van der Waals surface area contributed by atoms with Gasteiger partial charge in [-0.25, -0.2) is 8.42 Å². The number of hydrogen-bond donors (Lipinski definition) is 2. The fourth-order valence-corrected chi connectivity index (χ4v) is 8.95. The molecule has 0 bridgehead atoms. The number of phenols is 1. The zero-order valence-corrected chi connectivity index (χ0v) is 43.0. The van der Waals surface area contributed by atoms with Crippen molar-refractivity contribution >= 4 is 58.0 Å². The van der Waals surface area contributed by atoms with Crippen LogP contribution >= 0.6 is 0 Å². The molecule has 0 aliphatic carbocycles. The minimum absolute atomic E-state index is 0. The molecule has 0 saturated heterocycles. The molecule has 356 valence electrons. The second-order valence-electron chi connectivity index (χ2n) is 16.9. The van der Waals surface area contributed by atoms with E-state index in [1.807, 2.05) is 6.07 Å². The van der Waals surface area contributed by atoms with Crippen LogP contribution in [0.2, 0.25) is 0 Å². The maximum atomic E-state index is 11.9. The van der Waals surface area contributed by atoms with Gasteiger partial charge in [-0.15, -0.1) is 0 Å². The number of para-hydroxylation sites is 4. The fourth-order valence-electron chi connectivity index (χ4n) is 7.64. The van der Waals surface area contributed by atoms with Crippen molar-refractivity contribution in [1.82, 2.24) is 0 Å². The molecule has 0 aromatic heterocycles. The van der Waals surface area contributed by atoms with E-state index < -0.39 is 25.1 Å². The van der Waals surface area contributed by atoms with E-state index in [9.17, 15) is 36.2 Å². The van der Waals surface area contributed by atoms with Crippen LogP contribution in [0, 0.1) is 0 Å². The van der Waals surface area contributed by atoms with E-state index in [1.165, 1.54) is 177 Å². The summed E-state index contributed by atoms with van der Waals surface area (Å²) >= 11 is 0. The fraction of sp³-hybridized carbons (Fsp3) is 0.538. The van der Waals surface area contributed by atoms with Crippen molar-refractivity contribution in [2.24, 2.45) is 0 Å². The van der Waals surface area contributed by atoms with Crippen LogP contribution in [-0.2, 0) is 33.1 Å². The van der Waals surface area contributed by atoms with Crippen molar-refractivity contribution < 1.29 is 45.6 Å². The monoisotopic (exact) mass is 962 g/mol. The van der Waals surface area contributed by atoms with E-state index in [1.54, 1.807) is 30.3 Å². The number of aryl methyl sites for hydroxylation is 2. The van der Waals surface area contributed by atoms with Gasteiger partial charge in [-0.1, -0.05) is 203 Å². The Bertz CT molecular complexity index is 1970. The zero-order valence-electron chi connectivity index (χ0n) is 39.2. The minimum Gasteiger partial charge on any atom is -0.870 e. The molecule has 0 saturated carbocycles. The van der Waals surface area contributed by atoms with Gasteiger partial charge in [0.25, 0.3) is 10.1 Å². The van der Waals surface area contributed by atoms with Crippen molar-refractivity contribution in [2.45, 2.75) is 191 Å². The van der Waals surface area contributed by atoms with Gasteiger partial charge in [0.2, 0.25) is 0 Å². The summed E-state index contributed by atoms with van der Waals surface area (Å²) in [6.45, 7) is 4.49. The van der Waals surface area contributed by atoms with E-state index in [0.29, 0.717) is 6.42 Å². The quantitative estimate of drug-likeness (QED) is 0.0272. The second kappa shape index (κ2) is 33.6. The molecule has 0 aliphatic heterocycles. The van der Waals surface area contributed by atoms with Gasteiger partial charge >= 0.3 is 37.7 Å². The Morgan fingerprint density at radius 3 is 1.22 bits per heavy atom. The van der Waals surface area contributed by atoms with Crippen LogP contribution in [0.25, 0.3) is 0 Å². The van der Waals surface area contributed by atoms with Crippen LogP contribution in [0.15, 0.2) is 94.7 Å². The maximum Gasteiger partial charge on any atom is 2.00 e. The normalized spacial score (nSPS) is 11.4. The summed E-state index contributed by atoms with van der Waals surface area (Å²) in [5.74, 6) is -0.469. The van der Waals surface area contributed by atoms with Crippen molar-refractivity contribution in [3.05, 3.63) is 96.1 Å². The summed E-state index contributed by atoms with van der Waals surface area (Å²) in [5.41, 5.74) is 1.63. The Morgan fingerprint density at radius 1 is 0.462 bits per heavy atom. The molecule has 0 atom stereocenters. The van der Waals surface area contributed by atoms with Gasteiger partial charge in [0.1, 0.15) is 32.3 Å². The molecule has 0 spiro atoms. The predicted molar refractivity (Wildman–Crippen MR) is 260 cm³/mol. The first-order chi connectivity index (χ1) is 30.8. The van der Waals surface area contributed by atoms with Gasteiger partial charge in [-0.05, 0) is 79.3 Å². The van der Waals surface area contributed by atoms with E-state index in [2.05, 4.69) is 13.8 Å². The first kappa shape index (κ1) is 58.3. The van der Waals surface area contributed by atoms with Crippen LogP contribution in [0.1, 0.15) is 179 Å². The molecule has 65 heavy (non-hydrogen) atoms. The largest absolute Gasteiger partial charge is 2.00 e. The second-order valence-corrected chi connectivity index (χ2v) is 19.6. The Kier molecular flexibility index (Phi) is 30.1. The Labute approximate surface area is 421 Å². The smallest absolute Gasteiger partial charge is 0.870 e. The zero-order chi connectivity index (χ0) is 46.5. The average Bonchev–Trinajstić information content (AvgIpc) is 3.26. The summed E-state index contributed by atoms with van der Waals surface area (Å²) in [6, 6.07) is 21.7. The Balaban J connectivity index is 0.000000440. The van der Waals surface area contributed by atoms with Gasteiger partial charge in [0.15, 0.2) is 11.5 Å². The molecule has 4 aromatic carbocycles. The minimum atomic E-state index is -4.72. The van der Waals surface area contributed by atoms with Gasteiger partial charge in [-0.2, -0.15) is 8.42 Å². The third-order valence-corrected chi connectivity index (χ3v) is 13.1. The van der Waals surface area contributed by atoms with E-state index in [4.69, 9.17) is 9.47 Å². The third-order valence-electron chi connectivity index (χ3n) is 11.4. The third kappa shape index (κ3) is 24.7. The summed E-state index contributed by atoms with van der Waals surface area (Å²) in [6.07, 6.45) is 31.8. The van der Waals surface area contributed by atoms with Gasteiger partial charge in [-0.3, -0.25) is 4.55 Å². The van der Waals surface area contributed by atoms with Crippen molar-refractivity contribution in [3.63, 3.8) is 0 Å². The number of unbranched alkanes of at least 4 members (excludes halogenated alkanes) is 22. The Hall–Kier alpha value is -2.84. The number of aromatic hydroxyl groups is 1. The molecule has 0 amide bonds. The summed E-state index contributed by atoms with van der Waals surface area (Å²) in [5, 5.41) is 21.7. The van der Waals surface area contributed by atoms with Gasteiger partial charge < -0.3 is 24.2 Å². The Morgan fingerprint density at radius 2 is 0.815 bits per heavy atom. The number of phenolic OH excluding ortho intramolecular Hbond substituents is 1. The molecule has 13 heteroatoms. The molecule has 0 heterocycles. The van der Waals surface area contributed by atoms with Crippen LogP contribution in [0.5, 0.6) is 34.5 Å². The van der Waals surface area contributed by atoms with Gasteiger partial charge in [0.05, 0.1) is 4.90 Å². The summed E-state index contributed by atoms with van der Waals surface area (Å²) < 4.78 is 79.6. The van der Waals surface area contributed by atoms with E-state index in [-0.39, 0.29) is 77.1 Å². The van der Waals surface area contributed by atoms with Crippen LogP contribution < -0.4 is 14.6 Å². The molecule has 0 unspecified atom stereocenters. The van der Waals surface area contributed by atoms with Crippen molar-refractivity contribution in [2.75, 3.05) is 0 Å².